The number of halogens is 1. The largest absolute Gasteiger partial charge is 0.443 e. The average Bonchev–Trinajstić information content (AvgIpc) is 2.30. The number of aromatic nitrogens is 2. The Morgan fingerprint density at radius 1 is 1.44 bits per heavy atom. The van der Waals surface area contributed by atoms with Crippen LogP contribution in [0.25, 0.3) is 0 Å². The Morgan fingerprint density at radius 2 is 2.11 bits per heavy atom. The van der Waals surface area contributed by atoms with Crippen molar-refractivity contribution in [3.63, 3.8) is 0 Å². The van der Waals surface area contributed by atoms with Crippen LogP contribution in [0.15, 0.2) is 17.0 Å². The predicted molar refractivity (Wildman–Crippen MR) is 70.3 cm³/mol. The standard InChI is InChI=1S/C11H15BrN4O2/c1-11(18-10(13)17)2-4-16(5-3-11)9-7-14-8(12)6-15-9/h6-7H,2-5H2,1H3,(H2,13,17). The summed E-state index contributed by atoms with van der Waals surface area (Å²) in [7, 11) is 0. The van der Waals surface area contributed by atoms with E-state index in [0.717, 1.165) is 31.7 Å². The molecule has 7 heteroatoms. The lowest BCUT2D eigenvalue weighted by Crippen LogP contribution is -2.46. The molecule has 0 saturated carbocycles. The smallest absolute Gasteiger partial charge is 0.405 e. The normalized spacial score (nSPS) is 18.4. The van der Waals surface area contributed by atoms with Crippen molar-refractivity contribution in [3.8, 4) is 0 Å². The third-order valence-corrected chi connectivity index (χ3v) is 3.51. The maximum absolute atomic E-state index is 10.8. The quantitative estimate of drug-likeness (QED) is 0.898. The summed E-state index contributed by atoms with van der Waals surface area (Å²) in [6, 6.07) is 0. The van der Waals surface area contributed by atoms with Gasteiger partial charge in [0.05, 0.1) is 12.4 Å². The van der Waals surface area contributed by atoms with E-state index in [4.69, 9.17) is 10.5 Å². The molecule has 1 aliphatic heterocycles. The Kier molecular flexibility index (Phi) is 3.70. The second kappa shape index (κ2) is 5.09. The van der Waals surface area contributed by atoms with E-state index in [1.807, 2.05) is 6.92 Å². The maximum atomic E-state index is 10.8. The van der Waals surface area contributed by atoms with E-state index in [9.17, 15) is 4.79 Å². The molecule has 0 unspecified atom stereocenters. The number of rotatable bonds is 2. The minimum atomic E-state index is -0.714. The van der Waals surface area contributed by atoms with Gasteiger partial charge in [0.15, 0.2) is 0 Å². The van der Waals surface area contributed by atoms with Gasteiger partial charge in [0, 0.05) is 25.9 Å². The number of nitrogens with two attached hydrogens (primary N) is 1. The molecule has 1 saturated heterocycles. The fourth-order valence-corrected chi connectivity index (χ4v) is 2.23. The monoisotopic (exact) mass is 314 g/mol. The fraction of sp³-hybridized carbons (Fsp3) is 0.545. The molecule has 1 amide bonds. The summed E-state index contributed by atoms with van der Waals surface area (Å²) in [5.74, 6) is 0.833. The summed E-state index contributed by atoms with van der Waals surface area (Å²) >= 11 is 3.25. The zero-order valence-corrected chi connectivity index (χ0v) is 11.7. The van der Waals surface area contributed by atoms with E-state index in [-0.39, 0.29) is 0 Å². The third-order valence-electron chi connectivity index (χ3n) is 3.10. The lowest BCUT2D eigenvalue weighted by atomic mass is 9.93. The Morgan fingerprint density at radius 3 is 2.61 bits per heavy atom. The van der Waals surface area contributed by atoms with Gasteiger partial charge in [-0.2, -0.15) is 0 Å². The van der Waals surface area contributed by atoms with E-state index >= 15 is 0 Å². The molecule has 1 fully saturated rings. The molecule has 1 aliphatic rings. The molecule has 0 radical (unpaired) electrons. The summed E-state index contributed by atoms with van der Waals surface area (Å²) < 4.78 is 5.86. The van der Waals surface area contributed by atoms with Gasteiger partial charge in [-0.3, -0.25) is 0 Å². The van der Waals surface area contributed by atoms with Gasteiger partial charge in [-0.05, 0) is 22.9 Å². The highest BCUT2D eigenvalue weighted by Gasteiger charge is 2.33. The van der Waals surface area contributed by atoms with Gasteiger partial charge in [-0.15, -0.1) is 0 Å². The summed E-state index contributed by atoms with van der Waals surface area (Å²) in [6.45, 7) is 3.43. The molecule has 1 aromatic rings. The third kappa shape index (κ3) is 3.10. The zero-order chi connectivity index (χ0) is 13.2. The van der Waals surface area contributed by atoms with Crippen LogP contribution in [0, 0.1) is 0 Å². The fourth-order valence-electron chi connectivity index (χ4n) is 2.02. The van der Waals surface area contributed by atoms with Crippen LogP contribution in [0.5, 0.6) is 0 Å². The number of hydrogen-bond acceptors (Lipinski definition) is 5. The van der Waals surface area contributed by atoms with Crippen molar-refractivity contribution in [2.75, 3.05) is 18.0 Å². The number of nitrogens with zero attached hydrogens (tertiary/aromatic N) is 3. The van der Waals surface area contributed by atoms with Crippen LogP contribution in [0.1, 0.15) is 19.8 Å². The van der Waals surface area contributed by atoms with Crippen molar-refractivity contribution in [2.45, 2.75) is 25.4 Å². The SMILES string of the molecule is CC1(OC(N)=O)CCN(c2cnc(Br)cn2)CC1. The van der Waals surface area contributed by atoms with Crippen LogP contribution < -0.4 is 10.6 Å². The minimum Gasteiger partial charge on any atom is -0.443 e. The molecular formula is C11H15BrN4O2. The van der Waals surface area contributed by atoms with Crippen LogP contribution in [0.4, 0.5) is 10.6 Å². The first-order valence-corrected chi connectivity index (χ1v) is 6.49. The van der Waals surface area contributed by atoms with Gasteiger partial charge in [-0.25, -0.2) is 14.8 Å². The van der Waals surface area contributed by atoms with Crippen LogP contribution in [-0.2, 0) is 4.74 Å². The molecule has 0 aliphatic carbocycles. The first-order chi connectivity index (χ1) is 8.48. The summed E-state index contributed by atoms with van der Waals surface area (Å²) in [6.07, 6.45) is 4.14. The van der Waals surface area contributed by atoms with E-state index in [1.165, 1.54) is 0 Å². The van der Waals surface area contributed by atoms with E-state index < -0.39 is 11.7 Å². The maximum Gasteiger partial charge on any atom is 0.405 e. The highest BCUT2D eigenvalue weighted by atomic mass is 79.9. The molecule has 2 rings (SSSR count). The molecule has 2 heterocycles. The number of hydrogen-bond donors (Lipinski definition) is 1. The highest BCUT2D eigenvalue weighted by molar-refractivity contribution is 9.10. The van der Waals surface area contributed by atoms with Crippen molar-refractivity contribution < 1.29 is 9.53 Å². The second-order valence-electron chi connectivity index (χ2n) is 4.56. The molecule has 2 N–H and O–H groups in total. The number of amides is 1. The summed E-state index contributed by atoms with van der Waals surface area (Å²) in [5, 5.41) is 0. The predicted octanol–water partition coefficient (Wildman–Crippen LogP) is 1.69. The van der Waals surface area contributed by atoms with Crippen molar-refractivity contribution in [1.82, 2.24) is 9.97 Å². The zero-order valence-electron chi connectivity index (χ0n) is 10.1. The Labute approximate surface area is 114 Å². The lowest BCUT2D eigenvalue weighted by Gasteiger charge is -2.38. The average molecular weight is 315 g/mol. The van der Waals surface area contributed by atoms with Crippen LogP contribution in [-0.4, -0.2) is 34.8 Å². The number of carbonyl (C=O) groups excluding carboxylic acids is 1. The van der Waals surface area contributed by atoms with Crippen molar-refractivity contribution in [1.29, 1.82) is 0 Å². The Balaban J connectivity index is 1.98. The summed E-state index contributed by atoms with van der Waals surface area (Å²) in [5.41, 5.74) is 4.60. The van der Waals surface area contributed by atoms with Crippen LogP contribution in [0.2, 0.25) is 0 Å². The van der Waals surface area contributed by atoms with Crippen molar-refractivity contribution in [2.24, 2.45) is 5.73 Å². The van der Waals surface area contributed by atoms with Gasteiger partial charge >= 0.3 is 6.09 Å². The van der Waals surface area contributed by atoms with Crippen molar-refractivity contribution >= 4 is 27.8 Å². The highest BCUT2D eigenvalue weighted by Crippen LogP contribution is 2.27. The number of piperidine rings is 1. The number of primary amides is 1. The van der Waals surface area contributed by atoms with E-state index in [0.29, 0.717) is 4.60 Å². The molecule has 0 atom stereocenters. The molecule has 0 spiro atoms. The molecule has 6 nitrogen and oxygen atoms in total. The molecule has 0 bridgehead atoms. The van der Waals surface area contributed by atoms with Gasteiger partial charge in [-0.1, -0.05) is 0 Å². The van der Waals surface area contributed by atoms with Gasteiger partial charge in [0.25, 0.3) is 0 Å². The number of anilines is 1. The minimum absolute atomic E-state index is 0.467. The van der Waals surface area contributed by atoms with Crippen LogP contribution >= 0.6 is 15.9 Å². The first kappa shape index (κ1) is 13.1. The van der Waals surface area contributed by atoms with Crippen molar-refractivity contribution in [3.05, 3.63) is 17.0 Å². The van der Waals surface area contributed by atoms with E-state index in [2.05, 4.69) is 30.8 Å². The molecular weight excluding hydrogens is 300 g/mol. The Hall–Kier alpha value is -1.37. The molecule has 98 valence electrons. The second-order valence-corrected chi connectivity index (χ2v) is 5.37. The summed E-state index contributed by atoms with van der Waals surface area (Å²) in [4.78, 5) is 21.4. The number of carbonyl (C=O) groups is 1. The molecule has 1 aromatic heterocycles. The lowest BCUT2D eigenvalue weighted by molar-refractivity contribution is 0.0126. The first-order valence-electron chi connectivity index (χ1n) is 5.69. The topological polar surface area (TPSA) is 81.3 Å². The van der Waals surface area contributed by atoms with Gasteiger partial charge in [0.1, 0.15) is 16.0 Å². The molecule has 0 aromatic carbocycles. The van der Waals surface area contributed by atoms with Gasteiger partial charge in [0.2, 0.25) is 0 Å². The molecule has 18 heavy (non-hydrogen) atoms. The number of ether oxygens (including phenoxy) is 1. The van der Waals surface area contributed by atoms with E-state index in [1.54, 1.807) is 12.4 Å². The van der Waals surface area contributed by atoms with Gasteiger partial charge < -0.3 is 15.4 Å². The van der Waals surface area contributed by atoms with Crippen LogP contribution in [0.3, 0.4) is 0 Å². The Bertz CT molecular complexity index is 429.